The summed E-state index contributed by atoms with van der Waals surface area (Å²) in [4.78, 5) is 24.4. The highest BCUT2D eigenvalue weighted by Crippen LogP contribution is 2.40. The summed E-state index contributed by atoms with van der Waals surface area (Å²) < 4.78 is 20.3. The van der Waals surface area contributed by atoms with Gasteiger partial charge in [0.05, 0.1) is 6.61 Å². The number of aliphatic hydroxyl groups is 2. The number of nitrogens with zero attached hydrogens (tertiary/aromatic N) is 1. The van der Waals surface area contributed by atoms with Gasteiger partial charge in [0.15, 0.2) is 11.9 Å². The monoisotopic (exact) mass is 260 g/mol. The van der Waals surface area contributed by atoms with E-state index in [-0.39, 0.29) is 0 Å². The van der Waals surface area contributed by atoms with Crippen molar-refractivity contribution in [3.05, 3.63) is 33.1 Å². The van der Waals surface area contributed by atoms with Crippen molar-refractivity contribution in [2.24, 2.45) is 0 Å². The van der Waals surface area contributed by atoms with E-state index in [1.165, 1.54) is 0 Å². The quantitative estimate of drug-likeness (QED) is 0.601. The molecule has 0 bridgehead atoms. The number of H-pyrrole nitrogens is 1. The van der Waals surface area contributed by atoms with Gasteiger partial charge in [-0.1, -0.05) is 0 Å². The first-order valence-electron chi connectivity index (χ1n) is 5.32. The van der Waals surface area contributed by atoms with Crippen LogP contribution in [0.25, 0.3) is 0 Å². The third-order valence-electron chi connectivity index (χ3n) is 3.00. The minimum absolute atomic E-state index is 0.574. The van der Waals surface area contributed by atoms with Gasteiger partial charge in [-0.15, -0.1) is 0 Å². The van der Waals surface area contributed by atoms with E-state index in [1.807, 2.05) is 4.98 Å². The fourth-order valence-electron chi connectivity index (χ4n) is 1.97. The van der Waals surface area contributed by atoms with Gasteiger partial charge in [0, 0.05) is 12.3 Å². The second kappa shape index (κ2) is 4.30. The van der Waals surface area contributed by atoms with Crippen LogP contribution in [0.5, 0.6) is 0 Å². The van der Waals surface area contributed by atoms with Crippen LogP contribution in [0.1, 0.15) is 13.2 Å². The molecule has 4 atom stereocenters. The van der Waals surface area contributed by atoms with Crippen molar-refractivity contribution in [2.75, 3.05) is 6.61 Å². The van der Waals surface area contributed by atoms with Gasteiger partial charge < -0.3 is 14.9 Å². The topological polar surface area (TPSA) is 105 Å². The summed E-state index contributed by atoms with van der Waals surface area (Å²) >= 11 is 0. The van der Waals surface area contributed by atoms with Crippen LogP contribution in [0.2, 0.25) is 0 Å². The standard InChI is InChI=1S/C10H13FN2O5/c1-10(11)7(16)5(4-14)18-8(10)13-3-2-6(15)12-9(13)17/h2-3,5,7-8,14,16H,4H2,1H3,(H,12,15,17)/t5-,7+,8-,10-/m0/s1. The number of nitrogens with one attached hydrogen (secondary N) is 1. The van der Waals surface area contributed by atoms with Gasteiger partial charge >= 0.3 is 5.69 Å². The molecule has 1 fully saturated rings. The number of alkyl halides is 1. The summed E-state index contributed by atoms with van der Waals surface area (Å²) in [5, 5.41) is 18.6. The van der Waals surface area contributed by atoms with Crippen LogP contribution in [0.15, 0.2) is 21.9 Å². The molecule has 0 amide bonds. The zero-order valence-electron chi connectivity index (χ0n) is 9.54. The number of aliphatic hydroxyl groups excluding tert-OH is 2. The average molecular weight is 260 g/mol. The number of aromatic amines is 1. The van der Waals surface area contributed by atoms with E-state index in [2.05, 4.69) is 0 Å². The lowest BCUT2D eigenvalue weighted by Gasteiger charge is -2.24. The van der Waals surface area contributed by atoms with E-state index >= 15 is 0 Å². The van der Waals surface area contributed by atoms with Gasteiger partial charge in [-0.25, -0.2) is 9.18 Å². The Morgan fingerprint density at radius 2 is 2.28 bits per heavy atom. The van der Waals surface area contributed by atoms with Crippen molar-refractivity contribution in [2.45, 2.75) is 31.0 Å². The van der Waals surface area contributed by atoms with E-state index in [0.29, 0.717) is 0 Å². The van der Waals surface area contributed by atoms with Crippen molar-refractivity contribution in [3.63, 3.8) is 0 Å². The SMILES string of the molecule is C[C@]1(F)[C@H](O)[C@H](CO)O[C@@H]1n1ccc(=O)[nH]c1=O. The Labute approximate surface area is 100 Å². The largest absolute Gasteiger partial charge is 0.394 e. The maximum Gasteiger partial charge on any atom is 0.330 e. The molecule has 100 valence electrons. The summed E-state index contributed by atoms with van der Waals surface area (Å²) in [6.45, 7) is 0.491. The number of hydrogen-bond donors (Lipinski definition) is 3. The molecule has 2 heterocycles. The van der Waals surface area contributed by atoms with Crippen LogP contribution in [0.3, 0.4) is 0 Å². The molecular formula is C10H13FN2O5. The van der Waals surface area contributed by atoms with Crippen molar-refractivity contribution in [1.82, 2.24) is 9.55 Å². The van der Waals surface area contributed by atoms with Gasteiger partial charge in [-0.3, -0.25) is 14.3 Å². The van der Waals surface area contributed by atoms with Crippen LogP contribution >= 0.6 is 0 Å². The molecule has 1 aromatic rings. The molecule has 0 saturated carbocycles. The Morgan fingerprint density at radius 3 is 2.78 bits per heavy atom. The van der Waals surface area contributed by atoms with Crippen molar-refractivity contribution >= 4 is 0 Å². The molecule has 0 aromatic carbocycles. The predicted octanol–water partition coefficient (Wildman–Crippen LogP) is -1.48. The lowest BCUT2D eigenvalue weighted by Crippen LogP contribution is -2.43. The van der Waals surface area contributed by atoms with Gasteiger partial charge in [-0.05, 0) is 6.92 Å². The van der Waals surface area contributed by atoms with Crippen molar-refractivity contribution in [3.8, 4) is 0 Å². The Hall–Kier alpha value is -1.51. The highest BCUT2D eigenvalue weighted by atomic mass is 19.1. The van der Waals surface area contributed by atoms with E-state index < -0.39 is 42.0 Å². The lowest BCUT2D eigenvalue weighted by molar-refractivity contribution is -0.0611. The van der Waals surface area contributed by atoms with Crippen LogP contribution in [-0.4, -0.2) is 44.2 Å². The first kappa shape index (κ1) is 12.9. The smallest absolute Gasteiger partial charge is 0.330 e. The zero-order chi connectivity index (χ0) is 13.5. The Bertz CT molecular complexity index is 552. The van der Waals surface area contributed by atoms with Crippen LogP contribution in [-0.2, 0) is 4.74 Å². The summed E-state index contributed by atoms with van der Waals surface area (Å²) in [6.07, 6.45) is -3.01. The summed E-state index contributed by atoms with van der Waals surface area (Å²) in [5.41, 5.74) is -3.72. The molecule has 1 aromatic heterocycles. The van der Waals surface area contributed by atoms with Crippen molar-refractivity contribution < 1.29 is 19.3 Å². The second-order valence-corrected chi connectivity index (χ2v) is 4.32. The maximum atomic E-state index is 14.3. The summed E-state index contributed by atoms with van der Waals surface area (Å²) in [7, 11) is 0. The minimum atomic E-state index is -2.25. The fraction of sp³-hybridized carbons (Fsp3) is 0.600. The molecule has 0 unspecified atom stereocenters. The third-order valence-corrected chi connectivity index (χ3v) is 3.00. The molecule has 1 saturated heterocycles. The molecule has 3 N–H and O–H groups in total. The summed E-state index contributed by atoms with van der Waals surface area (Å²) in [6, 6.07) is 1.04. The number of aromatic nitrogens is 2. The van der Waals surface area contributed by atoms with E-state index in [9.17, 15) is 19.1 Å². The molecule has 7 nitrogen and oxygen atoms in total. The average Bonchev–Trinajstić information content (AvgIpc) is 2.52. The molecule has 1 aliphatic heterocycles. The molecule has 1 aliphatic rings. The summed E-state index contributed by atoms with van der Waals surface area (Å²) in [5.74, 6) is 0. The molecule has 0 aliphatic carbocycles. The highest BCUT2D eigenvalue weighted by Gasteiger charge is 2.54. The number of halogens is 1. The van der Waals surface area contributed by atoms with Crippen molar-refractivity contribution in [1.29, 1.82) is 0 Å². The Morgan fingerprint density at radius 1 is 1.61 bits per heavy atom. The van der Waals surface area contributed by atoms with E-state index in [4.69, 9.17) is 9.84 Å². The van der Waals surface area contributed by atoms with Gasteiger partial charge in [0.25, 0.3) is 5.56 Å². The van der Waals surface area contributed by atoms with Crippen LogP contribution in [0.4, 0.5) is 4.39 Å². The Kier molecular flexibility index (Phi) is 3.09. The fourth-order valence-corrected chi connectivity index (χ4v) is 1.97. The van der Waals surface area contributed by atoms with Gasteiger partial charge in [-0.2, -0.15) is 0 Å². The van der Waals surface area contributed by atoms with Gasteiger partial charge in [0.2, 0.25) is 0 Å². The van der Waals surface area contributed by atoms with E-state index in [0.717, 1.165) is 23.8 Å². The van der Waals surface area contributed by atoms with Crippen LogP contribution < -0.4 is 11.2 Å². The highest BCUT2D eigenvalue weighted by molar-refractivity contribution is 5.01. The minimum Gasteiger partial charge on any atom is -0.394 e. The normalized spacial score (nSPS) is 35.9. The number of hydrogen-bond acceptors (Lipinski definition) is 5. The third kappa shape index (κ3) is 1.88. The lowest BCUT2D eigenvalue weighted by atomic mass is 9.98. The van der Waals surface area contributed by atoms with Gasteiger partial charge in [0.1, 0.15) is 12.2 Å². The zero-order valence-corrected chi connectivity index (χ0v) is 9.54. The molecule has 0 radical (unpaired) electrons. The second-order valence-electron chi connectivity index (χ2n) is 4.32. The molecule has 8 heteroatoms. The number of ether oxygens (including phenoxy) is 1. The first-order chi connectivity index (χ1) is 8.37. The molecule has 18 heavy (non-hydrogen) atoms. The molecule has 0 spiro atoms. The number of rotatable bonds is 2. The predicted molar refractivity (Wildman–Crippen MR) is 57.8 cm³/mol. The van der Waals surface area contributed by atoms with E-state index in [1.54, 1.807) is 0 Å². The first-order valence-corrected chi connectivity index (χ1v) is 5.32. The molecular weight excluding hydrogens is 247 g/mol. The molecule has 2 rings (SSSR count). The Balaban J connectivity index is 2.45. The maximum absolute atomic E-state index is 14.3. The van der Waals surface area contributed by atoms with Crippen LogP contribution in [0, 0.1) is 0 Å².